The Labute approximate surface area is 293 Å². The average Bonchev–Trinajstić information content (AvgIpc) is 3.57. The predicted molar refractivity (Wildman–Crippen MR) is 191 cm³/mol. The molecule has 2 fully saturated rings. The molecule has 1 aliphatic heterocycles. The van der Waals surface area contributed by atoms with Gasteiger partial charge in [-0.05, 0) is 115 Å². The summed E-state index contributed by atoms with van der Waals surface area (Å²) in [5.41, 5.74) is 4.70. The first-order valence-electron chi connectivity index (χ1n) is 16.1. The summed E-state index contributed by atoms with van der Waals surface area (Å²) in [4.78, 5) is 17.4. The molecule has 256 valence electrons. The standard InChI is InChI=1S/C36H49FN4O2.3ClH/c1-6-41-34(22-31(38-41)19-26-11-8-7-9-12-26)27-15-17-40(18-16-27)24-29-21-32(43-35(42)25-39(5)36(2,3)4)23-33(29)28-13-10-14-30(37)20-28;;;/h7-14,20,22,27,29,32-33H,6,15-19,21,23-25H2,1-5H3;3*1H/t29-,32+,33-;;;/m1.../s1. The van der Waals surface area contributed by atoms with E-state index < -0.39 is 0 Å². The topological polar surface area (TPSA) is 50.6 Å². The van der Waals surface area contributed by atoms with Crippen LogP contribution >= 0.6 is 37.2 Å². The molecule has 2 heterocycles. The highest BCUT2D eigenvalue weighted by Gasteiger charge is 2.39. The number of rotatable bonds is 10. The fourth-order valence-corrected chi connectivity index (χ4v) is 6.87. The first-order valence-corrected chi connectivity index (χ1v) is 16.1. The third kappa shape index (κ3) is 10.4. The van der Waals surface area contributed by atoms with E-state index in [-0.39, 0.29) is 73.1 Å². The molecule has 5 rings (SSSR count). The molecule has 10 heteroatoms. The highest BCUT2D eigenvalue weighted by Crippen LogP contribution is 2.42. The van der Waals surface area contributed by atoms with Gasteiger partial charge in [-0.2, -0.15) is 5.10 Å². The predicted octanol–water partition coefficient (Wildman–Crippen LogP) is 7.91. The highest BCUT2D eigenvalue weighted by molar-refractivity contribution is 5.86. The molecule has 0 radical (unpaired) electrons. The summed E-state index contributed by atoms with van der Waals surface area (Å²) in [6, 6.07) is 19.9. The number of nitrogens with zero attached hydrogens (tertiary/aromatic N) is 4. The largest absolute Gasteiger partial charge is 0.461 e. The molecule has 1 aliphatic carbocycles. The fraction of sp³-hybridized carbons (Fsp3) is 0.556. The monoisotopic (exact) mass is 696 g/mol. The van der Waals surface area contributed by atoms with Crippen molar-refractivity contribution in [2.24, 2.45) is 5.92 Å². The van der Waals surface area contributed by atoms with Gasteiger partial charge in [0.05, 0.1) is 12.2 Å². The van der Waals surface area contributed by atoms with Gasteiger partial charge in [-0.25, -0.2) is 4.39 Å². The van der Waals surface area contributed by atoms with Crippen LogP contribution in [0.1, 0.15) is 87.7 Å². The smallest absolute Gasteiger partial charge is 0.320 e. The van der Waals surface area contributed by atoms with Gasteiger partial charge in [-0.15, -0.1) is 37.2 Å². The van der Waals surface area contributed by atoms with E-state index in [1.807, 2.05) is 18.0 Å². The van der Waals surface area contributed by atoms with E-state index >= 15 is 0 Å². The van der Waals surface area contributed by atoms with E-state index in [1.165, 1.54) is 17.3 Å². The van der Waals surface area contributed by atoms with Gasteiger partial charge in [0.15, 0.2) is 0 Å². The zero-order chi connectivity index (χ0) is 30.6. The summed E-state index contributed by atoms with van der Waals surface area (Å²) in [6.07, 6.45) is 4.49. The van der Waals surface area contributed by atoms with Crippen LogP contribution < -0.4 is 0 Å². The molecule has 2 aromatic carbocycles. The van der Waals surface area contributed by atoms with Gasteiger partial charge in [0, 0.05) is 36.7 Å². The van der Waals surface area contributed by atoms with Crippen molar-refractivity contribution >= 4 is 43.2 Å². The number of esters is 1. The van der Waals surface area contributed by atoms with Crippen molar-refractivity contribution in [2.75, 3.05) is 33.2 Å². The van der Waals surface area contributed by atoms with E-state index in [2.05, 4.69) is 73.7 Å². The third-order valence-corrected chi connectivity index (χ3v) is 9.63. The Morgan fingerprint density at radius 3 is 2.33 bits per heavy atom. The van der Waals surface area contributed by atoms with E-state index in [9.17, 15) is 9.18 Å². The van der Waals surface area contributed by atoms with Crippen LogP contribution in [0.15, 0.2) is 60.7 Å². The van der Waals surface area contributed by atoms with Gasteiger partial charge in [0.2, 0.25) is 0 Å². The Balaban J connectivity index is 0.00000245. The zero-order valence-electron chi connectivity index (χ0n) is 27.9. The summed E-state index contributed by atoms with van der Waals surface area (Å²) in [5, 5.41) is 4.94. The number of likely N-dealkylation sites (N-methyl/N-ethyl adjacent to an activating group) is 1. The number of hydrogen-bond acceptors (Lipinski definition) is 5. The minimum Gasteiger partial charge on any atom is -0.461 e. The van der Waals surface area contributed by atoms with Gasteiger partial charge in [-0.1, -0.05) is 42.5 Å². The van der Waals surface area contributed by atoms with Crippen molar-refractivity contribution in [3.63, 3.8) is 0 Å². The Morgan fingerprint density at radius 2 is 1.70 bits per heavy atom. The number of hydrogen-bond donors (Lipinski definition) is 0. The number of carbonyl (C=O) groups is 1. The average molecular weight is 698 g/mol. The number of aromatic nitrogens is 2. The van der Waals surface area contributed by atoms with Gasteiger partial charge in [0.25, 0.3) is 0 Å². The normalized spacial score (nSPS) is 20.5. The second kappa shape index (κ2) is 17.8. The maximum atomic E-state index is 14.3. The number of likely N-dealkylation sites (tertiary alicyclic amines) is 1. The van der Waals surface area contributed by atoms with Crippen molar-refractivity contribution in [3.8, 4) is 0 Å². The number of aryl methyl sites for hydroxylation is 1. The van der Waals surface area contributed by atoms with Crippen molar-refractivity contribution in [1.29, 1.82) is 0 Å². The summed E-state index contributed by atoms with van der Waals surface area (Å²) in [7, 11) is 1.95. The molecule has 2 aliphatic rings. The lowest BCUT2D eigenvalue weighted by atomic mass is 9.87. The molecule has 3 atom stereocenters. The number of piperidine rings is 1. The maximum absolute atomic E-state index is 14.3. The lowest BCUT2D eigenvalue weighted by Gasteiger charge is -2.35. The van der Waals surface area contributed by atoms with Crippen molar-refractivity contribution in [3.05, 3.63) is 89.0 Å². The minimum absolute atomic E-state index is 0. The molecule has 1 aromatic heterocycles. The molecule has 0 spiro atoms. The van der Waals surface area contributed by atoms with E-state index in [4.69, 9.17) is 9.84 Å². The molecule has 3 aromatic rings. The molecule has 0 amide bonds. The SMILES string of the molecule is CCn1nc(Cc2ccccc2)cc1C1CCN(C[C@H]2C[C@H](OC(=O)CN(C)C(C)(C)C)C[C@@H]2c2cccc(F)c2)CC1.Cl.Cl.Cl. The van der Waals surface area contributed by atoms with Crippen molar-refractivity contribution in [1.82, 2.24) is 19.6 Å². The molecule has 1 saturated heterocycles. The van der Waals surface area contributed by atoms with Crippen LogP contribution in [0.25, 0.3) is 0 Å². The van der Waals surface area contributed by atoms with Crippen LogP contribution in [-0.2, 0) is 22.5 Å². The molecule has 0 N–H and O–H groups in total. The summed E-state index contributed by atoms with van der Waals surface area (Å²) in [6.45, 7) is 12.6. The second-order valence-electron chi connectivity index (χ2n) is 13.6. The lowest BCUT2D eigenvalue weighted by Crippen LogP contribution is -2.42. The first-order chi connectivity index (χ1) is 20.6. The van der Waals surface area contributed by atoms with Gasteiger partial charge in [-0.3, -0.25) is 14.4 Å². The van der Waals surface area contributed by atoms with Gasteiger partial charge in [0.1, 0.15) is 11.9 Å². The van der Waals surface area contributed by atoms with Gasteiger partial charge >= 0.3 is 5.97 Å². The van der Waals surface area contributed by atoms with E-state index in [0.29, 0.717) is 11.8 Å². The Bertz CT molecular complexity index is 1360. The van der Waals surface area contributed by atoms with E-state index in [1.54, 1.807) is 12.1 Å². The number of carbonyl (C=O) groups excluding carboxylic acids is 1. The summed E-state index contributed by atoms with van der Waals surface area (Å²) >= 11 is 0. The first kappa shape index (κ1) is 40.0. The molecular weight excluding hydrogens is 646 g/mol. The zero-order valence-corrected chi connectivity index (χ0v) is 30.3. The van der Waals surface area contributed by atoms with E-state index in [0.717, 1.165) is 69.5 Å². The third-order valence-electron chi connectivity index (χ3n) is 9.63. The van der Waals surface area contributed by atoms with Crippen LogP contribution in [0.4, 0.5) is 4.39 Å². The Hall–Kier alpha value is -2.16. The molecular formula is C36H52Cl3FN4O2. The van der Waals surface area contributed by atoms with Crippen molar-refractivity contribution < 1.29 is 13.9 Å². The molecule has 0 bridgehead atoms. The molecule has 1 saturated carbocycles. The number of benzene rings is 2. The molecule has 0 unspecified atom stereocenters. The molecule has 6 nitrogen and oxygen atoms in total. The Kier molecular flexibility index (Phi) is 15.5. The van der Waals surface area contributed by atoms with Crippen LogP contribution in [0.2, 0.25) is 0 Å². The highest BCUT2D eigenvalue weighted by atomic mass is 35.5. The van der Waals surface area contributed by atoms with Crippen LogP contribution in [0.3, 0.4) is 0 Å². The summed E-state index contributed by atoms with van der Waals surface area (Å²) < 4.78 is 22.5. The quantitative estimate of drug-likeness (QED) is 0.202. The minimum atomic E-state index is -0.205. The Morgan fingerprint density at radius 1 is 1.00 bits per heavy atom. The number of halogens is 4. The lowest BCUT2D eigenvalue weighted by molar-refractivity contribution is -0.151. The summed E-state index contributed by atoms with van der Waals surface area (Å²) in [5.74, 6) is 0.609. The fourth-order valence-electron chi connectivity index (χ4n) is 6.87. The second-order valence-corrected chi connectivity index (χ2v) is 13.6. The maximum Gasteiger partial charge on any atom is 0.320 e. The van der Waals surface area contributed by atoms with Crippen LogP contribution in [0, 0.1) is 11.7 Å². The number of ether oxygens (including phenoxy) is 1. The van der Waals surface area contributed by atoms with Crippen LogP contribution in [-0.4, -0.2) is 70.4 Å². The van der Waals surface area contributed by atoms with Crippen LogP contribution in [0.5, 0.6) is 0 Å². The molecule has 46 heavy (non-hydrogen) atoms. The van der Waals surface area contributed by atoms with Crippen molar-refractivity contribution in [2.45, 2.75) is 89.8 Å². The van der Waals surface area contributed by atoms with Gasteiger partial charge < -0.3 is 9.64 Å².